The maximum absolute atomic E-state index is 7.05. The van der Waals surface area contributed by atoms with Gasteiger partial charge in [-0.3, -0.25) is 0 Å². The summed E-state index contributed by atoms with van der Waals surface area (Å²) in [6, 6.07) is 15.5. The van der Waals surface area contributed by atoms with Gasteiger partial charge in [-0.15, -0.1) is 0 Å². The minimum atomic E-state index is -0.239. The van der Waals surface area contributed by atoms with Gasteiger partial charge >= 0.3 is 0 Å². The fourth-order valence-electron chi connectivity index (χ4n) is 5.47. The molecule has 0 amide bonds. The van der Waals surface area contributed by atoms with Crippen molar-refractivity contribution in [3.63, 3.8) is 0 Å². The normalized spacial score (nSPS) is 18.9. The van der Waals surface area contributed by atoms with Crippen LogP contribution in [0.15, 0.2) is 42.5 Å². The summed E-state index contributed by atoms with van der Waals surface area (Å²) in [6.45, 7) is 0. The molecule has 4 rings (SSSR count). The Morgan fingerprint density at radius 3 is 1.86 bits per heavy atom. The molecule has 0 atom stereocenters. The minimum absolute atomic E-state index is 0.239. The largest absolute Gasteiger partial charge is 0.377 e. The maximum atomic E-state index is 7.05. The van der Waals surface area contributed by atoms with Gasteiger partial charge in [-0.2, -0.15) is 0 Å². The van der Waals surface area contributed by atoms with E-state index in [1.165, 1.54) is 86.3 Å². The molecule has 0 aromatic heterocycles. The van der Waals surface area contributed by atoms with Crippen molar-refractivity contribution in [1.82, 2.24) is 0 Å². The molecule has 0 radical (unpaired) electrons. The van der Waals surface area contributed by atoms with E-state index >= 15 is 0 Å². The highest BCUT2D eigenvalue weighted by atomic mass is 35.5. The van der Waals surface area contributed by atoms with Crippen LogP contribution in [0.3, 0.4) is 0 Å². The molecule has 0 unspecified atom stereocenters. The highest BCUT2D eigenvalue weighted by molar-refractivity contribution is 7.67. The van der Waals surface area contributed by atoms with Crippen LogP contribution in [0.4, 0.5) is 5.69 Å². The van der Waals surface area contributed by atoms with Crippen LogP contribution >= 0.6 is 19.5 Å². The highest BCUT2D eigenvalue weighted by Crippen LogP contribution is 2.57. The smallest absolute Gasteiger partial charge is 0.0489 e. The van der Waals surface area contributed by atoms with E-state index in [0.29, 0.717) is 0 Å². The van der Waals surface area contributed by atoms with E-state index in [2.05, 4.69) is 61.5 Å². The van der Waals surface area contributed by atoms with Gasteiger partial charge in [0.1, 0.15) is 0 Å². The molecule has 0 spiro atoms. The molecule has 29 heavy (non-hydrogen) atoms. The Hall–Kier alpha value is -1.04. The predicted molar refractivity (Wildman–Crippen MR) is 132 cm³/mol. The van der Waals surface area contributed by atoms with Crippen molar-refractivity contribution >= 4 is 30.5 Å². The van der Waals surface area contributed by atoms with Gasteiger partial charge in [0.05, 0.1) is 0 Å². The summed E-state index contributed by atoms with van der Waals surface area (Å²) in [5.74, 6) is 0. The van der Waals surface area contributed by atoms with Crippen molar-refractivity contribution < 1.29 is 0 Å². The quantitative estimate of drug-likeness (QED) is 0.439. The fourth-order valence-corrected chi connectivity index (χ4v) is 9.90. The summed E-state index contributed by atoms with van der Waals surface area (Å²) in [7, 11) is 4.05. The van der Waals surface area contributed by atoms with Crippen LogP contribution in [0.1, 0.15) is 64.2 Å². The lowest BCUT2D eigenvalue weighted by Gasteiger charge is -2.40. The van der Waals surface area contributed by atoms with Gasteiger partial charge in [0.25, 0.3) is 0 Å². The zero-order valence-corrected chi connectivity index (χ0v) is 19.7. The Balaban J connectivity index is 1.85. The second-order valence-electron chi connectivity index (χ2n) is 9.04. The second kappa shape index (κ2) is 9.84. The zero-order valence-electron chi connectivity index (χ0n) is 18.0. The lowest BCUT2D eigenvalue weighted by atomic mass is 9.99. The average molecular weight is 428 g/mol. The van der Waals surface area contributed by atoms with E-state index in [9.17, 15) is 0 Å². The Morgan fingerprint density at radius 1 is 0.724 bits per heavy atom. The molecule has 2 aliphatic carbocycles. The number of nitrogens with zero attached hydrogens (tertiary/aromatic N) is 1. The lowest BCUT2D eigenvalue weighted by Crippen LogP contribution is -2.28. The standard InChI is InChI=1S/C26H35ClNP/c1-28(2)25-19-10-9-16-22(25)23-17-11-18-24(27)26(23)29(20-12-5-3-6-13-20)21-14-7-4-8-15-21/h9-11,16-21H,3-8,12-15H2,1-2H3. The van der Waals surface area contributed by atoms with Crippen molar-refractivity contribution in [1.29, 1.82) is 0 Å². The van der Waals surface area contributed by atoms with Gasteiger partial charge in [0, 0.05) is 35.7 Å². The van der Waals surface area contributed by atoms with E-state index in [1.807, 2.05) is 0 Å². The van der Waals surface area contributed by atoms with Gasteiger partial charge in [-0.05, 0) is 54.7 Å². The topological polar surface area (TPSA) is 3.24 Å². The first-order valence-electron chi connectivity index (χ1n) is 11.5. The zero-order chi connectivity index (χ0) is 20.2. The minimum Gasteiger partial charge on any atom is -0.377 e. The molecule has 0 N–H and O–H groups in total. The molecule has 2 saturated carbocycles. The van der Waals surface area contributed by atoms with Gasteiger partial charge in [-0.1, -0.05) is 88.4 Å². The molecule has 156 valence electrons. The number of para-hydroxylation sites is 1. The molecule has 0 aliphatic heterocycles. The predicted octanol–water partition coefficient (Wildman–Crippen LogP) is 7.85. The summed E-state index contributed by atoms with van der Waals surface area (Å²) in [5.41, 5.74) is 5.73. The molecule has 2 aromatic rings. The highest BCUT2D eigenvalue weighted by Gasteiger charge is 2.35. The molecule has 0 bridgehead atoms. The van der Waals surface area contributed by atoms with Gasteiger partial charge in [0.15, 0.2) is 0 Å². The molecule has 2 fully saturated rings. The third-order valence-electron chi connectivity index (χ3n) is 6.86. The Labute approximate surface area is 183 Å². The van der Waals surface area contributed by atoms with E-state index in [1.54, 1.807) is 0 Å². The summed E-state index contributed by atoms with van der Waals surface area (Å²) < 4.78 is 0. The van der Waals surface area contributed by atoms with E-state index in [-0.39, 0.29) is 7.92 Å². The summed E-state index contributed by atoms with van der Waals surface area (Å²) in [5, 5.41) is 2.52. The monoisotopic (exact) mass is 427 g/mol. The number of rotatable bonds is 5. The van der Waals surface area contributed by atoms with Crippen LogP contribution in [0.25, 0.3) is 11.1 Å². The number of hydrogen-bond acceptors (Lipinski definition) is 1. The Bertz CT molecular complexity index is 788. The Kier molecular flexibility index (Phi) is 7.20. The van der Waals surface area contributed by atoms with Crippen molar-refractivity contribution in [3.05, 3.63) is 47.5 Å². The van der Waals surface area contributed by atoms with Crippen molar-refractivity contribution in [2.45, 2.75) is 75.5 Å². The third kappa shape index (κ3) is 4.67. The van der Waals surface area contributed by atoms with E-state index < -0.39 is 0 Å². The summed E-state index contributed by atoms with van der Waals surface area (Å²) in [6.07, 6.45) is 14.1. The molecule has 3 heteroatoms. The number of anilines is 1. The number of benzene rings is 2. The van der Waals surface area contributed by atoms with Crippen LogP contribution in [0.2, 0.25) is 5.02 Å². The molecular weight excluding hydrogens is 393 g/mol. The molecule has 2 aromatic carbocycles. The average Bonchev–Trinajstić information content (AvgIpc) is 2.76. The van der Waals surface area contributed by atoms with Crippen LogP contribution < -0.4 is 10.2 Å². The summed E-state index contributed by atoms with van der Waals surface area (Å²) >= 11 is 7.05. The van der Waals surface area contributed by atoms with Crippen molar-refractivity contribution in [2.75, 3.05) is 19.0 Å². The van der Waals surface area contributed by atoms with Crippen LogP contribution in [0.5, 0.6) is 0 Å². The number of halogens is 1. The van der Waals surface area contributed by atoms with Gasteiger partial charge in [0.2, 0.25) is 0 Å². The molecule has 0 heterocycles. The van der Waals surface area contributed by atoms with E-state index in [4.69, 9.17) is 11.6 Å². The van der Waals surface area contributed by atoms with Crippen LogP contribution in [0, 0.1) is 0 Å². The summed E-state index contributed by atoms with van der Waals surface area (Å²) in [4.78, 5) is 2.24. The van der Waals surface area contributed by atoms with Crippen molar-refractivity contribution in [3.8, 4) is 11.1 Å². The Morgan fingerprint density at radius 2 is 1.28 bits per heavy atom. The van der Waals surface area contributed by atoms with Gasteiger partial charge in [-0.25, -0.2) is 0 Å². The van der Waals surface area contributed by atoms with Crippen LogP contribution in [-0.4, -0.2) is 25.4 Å². The fraction of sp³-hybridized carbons (Fsp3) is 0.538. The first-order chi connectivity index (χ1) is 14.2. The first-order valence-corrected chi connectivity index (χ1v) is 13.4. The maximum Gasteiger partial charge on any atom is 0.0489 e. The molecule has 2 aliphatic rings. The van der Waals surface area contributed by atoms with Crippen LogP contribution in [-0.2, 0) is 0 Å². The second-order valence-corrected chi connectivity index (χ2v) is 12.2. The van der Waals surface area contributed by atoms with E-state index in [0.717, 1.165) is 16.3 Å². The molecular formula is C26H35ClNP. The third-order valence-corrected chi connectivity index (χ3v) is 10.9. The molecule has 0 saturated heterocycles. The van der Waals surface area contributed by atoms with Crippen molar-refractivity contribution in [2.24, 2.45) is 0 Å². The lowest BCUT2D eigenvalue weighted by molar-refractivity contribution is 0.487. The SMILES string of the molecule is CN(C)c1ccccc1-c1cccc(Cl)c1P(C1CCCCC1)C1CCCCC1. The van der Waals surface area contributed by atoms with Gasteiger partial charge < -0.3 is 4.90 Å². The molecule has 1 nitrogen and oxygen atoms in total. The number of hydrogen-bond donors (Lipinski definition) is 0. The first kappa shape index (κ1) is 21.2.